The fourth-order valence-electron chi connectivity index (χ4n) is 2.21. The molecule has 1 aliphatic rings. The van der Waals surface area contributed by atoms with Gasteiger partial charge in [0.1, 0.15) is 0 Å². The van der Waals surface area contributed by atoms with Crippen LogP contribution >= 0.6 is 27.5 Å². The summed E-state index contributed by atoms with van der Waals surface area (Å²) in [5.41, 5.74) is 0.937. The van der Waals surface area contributed by atoms with Gasteiger partial charge in [0, 0.05) is 18.2 Å². The number of hydrogen-bond acceptors (Lipinski definition) is 3. The molecule has 1 heterocycles. The Bertz CT molecular complexity index is 422. The van der Waals surface area contributed by atoms with Gasteiger partial charge in [-0.15, -0.1) is 0 Å². The van der Waals surface area contributed by atoms with Crippen molar-refractivity contribution in [1.29, 1.82) is 0 Å². The summed E-state index contributed by atoms with van der Waals surface area (Å²) in [6, 6.07) is 3.75. The molecule has 0 bridgehead atoms. The molecule has 0 spiro atoms. The Morgan fingerprint density at radius 2 is 2.37 bits per heavy atom. The van der Waals surface area contributed by atoms with Gasteiger partial charge in [0.05, 0.1) is 23.4 Å². The lowest BCUT2D eigenvalue weighted by Gasteiger charge is -2.23. The first-order valence-electron chi connectivity index (χ1n) is 6.64. The second-order valence-electron chi connectivity index (χ2n) is 4.66. The third-order valence-corrected chi connectivity index (χ3v) is 3.94. The molecule has 1 N–H and O–H groups in total. The zero-order valence-corrected chi connectivity index (χ0v) is 13.4. The van der Waals surface area contributed by atoms with Crippen molar-refractivity contribution < 1.29 is 9.47 Å². The monoisotopic (exact) mass is 347 g/mol. The molecular weight excluding hydrogens is 330 g/mol. The molecule has 3 nitrogen and oxygen atoms in total. The quantitative estimate of drug-likeness (QED) is 0.858. The molecule has 0 radical (unpaired) electrons. The number of ether oxygens (including phenoxy) is 2. The molecule has 1 aromatic rings. The number of rotatable bonds is 5. The average Bonchev–Trinajstić information content (AvgIpc) is 2.41. The second-order valence-corrected chi connectivity index (χ2v) is 5.95. The van der Waals surface area contributed by atoms with Crippen LogP contribution in [-0.4, -0.2) is 26.4 Å². The summed E-state index contributed by atoms with van der Waals surface area (Å²) >= 11 is 9.58. The van der Waals surface area contributed by atoms with Crippen LogP contribution in [0.2, 0.25) is 5.02 Å². The maximum absolute atomic E-state index is 6.09. The minimum absolute atomic E-state index is 0.556. The van der Waals surface area contributed by atoms with Gasteiger partial charge in [-0.3, -0.25) is 0 Å². The van der Waals surface area contributed by atoms with Crippen LogP contribution in [0, 0.1) is 5.92 Å². The molecule has 5 heteroatoms. The van der Waals surface area contributed by atoms with E-state index in [1.165, 1.54) is 6.42 Å². The van der Waals surface area contributed by atoms with E-state index in [0.717, 1.165) is 42.1 Å². The Morgan fingerprint density at radius 3 is 3.05 bits per heavy atom. The Kier molecular flexibility index (Phi) is 5.79. The van der Waals surface area contributed by atoms with E-state index in [1.54, 1.807) is 0 Å². The van der Waals surface area contributed by atoms with Crippen molar-refractivity contribution in [1.82, 2.24) is 0 Å². The standard InChI is InChI=1S/C14H19BrClNO2/c1-2-19-14-12(15)6-11(16)7-13(14)17-8-10-4-3-5-18-9-10/h6-7,10,17H,2-5,8-9H2,1H3. The van der Waals surface area contributed by atoms with Gasteiger partial charge in [-0.2, -0.15) is 0 Å². The van der Waals surface area contributed by atoms with Crippen LogP contribution in [0.5, 0.6) is 5.75 Å². The maximum Gasteiger partial charge on any atom is 0.156 e. The first kappa shape index (κ1) is 14.9. The normalized spacial score (nSPS) is 19.2. The van der Waals surface area contributed by atoms with Gasteiger partial charge in [-0.1, -0.05) is 11.6 Å². The van der Waals surface area contributed by atoms with E-state index in [4.69, 9.17) is 21.1 Å². The highest BCUT2D eigenvalue weighted by atomic mass is 79.9. The van der Waals surface area contributed by atoms with Gasteiger partial charge < -0.3 is 14.8 Å². The molecule has 2 rings (SSSR count). The third-order valence-electron chi connectivity index (χ3n) is 3.13. The first-order chi connectivity index (χ1) is 9.20. The molecule has 106 valence electrons. The lowest BCUT2D eigenvalue weighted by molar-refractivity contribution is 0.0595. The average molecular weight is 349 g/mol. The highest BCUT2D eigenvalue weighted by Gasteiger charge is 2.15. The fraction of sp³-hybridized carbons (Fsp3) is 0.571. The molecule has 19 heavy (non-hydrogen) atoms. The van der Waals surface area contributed by atoms with Crippen LogP contribution in [0.4, 0.5) is 5.69 Å². The van der Waals surface area contributed by atoms with Crippen molar-refractivity contribution in [3.8, 4) is 5.75 Å². The molecule has 0 aromatic heterocycles. The fourth-order valence-corrected chi connectivity index (χ4v) is 3.13. The molecule has 1 aliphatic heterocycles. The largest absolute Gasteiger partial charge is 0.491 e. The van der Waals surface area contributed by atoms with Gasteiger partial charge in [0.2, 0.25) is 0 Å². The summed E-state index contributed by atoms with van der Waals surface area (Å²) < 4.78 is 12.0. The Hall–Kier alpha value is -0.450. The molecule has 1 saturated heterocycles. The third kappa shape index (κ3) is 4.26. The van der Waals surface area contributed by atoms with Crippen LogP contribution in [0.3, 0.4) is 0 Å². The number of nitrogens with one attached hydrogen (secondary N) is 1. The summed E-state index contributed by atoms with van der Waals surface area (Å²) in [5.74, 6) is 1.38. The predicted molar refractivity (Wildman–Crippen MR) is 82.4 cm³/mol. The van der Waals surface area contributed by atoms with Gasteiger partial charge in [0.25, 0.3) is 0 Å². The van der Waals surface area contributed by atoms with E-state index in [0.29, 0.717) is 17.5 Å². The summed E-state index contributed by atoms with van der Waals surface area (Å²) in [6.45, 7) is 5.20. The van der Waals surface area contributed by atoms with Gasteiger partial charge in [0.15, 0.2) is 5.75 Å². The van der Waals surface area contributed by atoms with E-state index in [2.05, 4.69) is 21.2 Å². The highest BCUT2D eigenvalue weighted by Crippen LogP contribution is 2.36. The Balaban J connectivity index is 2.04. The summed E-state index contributed by atoms with van der Waals surface area (Å²) in [7, 11) is 0. The number of benzene rings is 1. The highest BCUT2D eigenvalue weighted by molar-refractivity contribution is 9.10. The van der Waals surface area contributed by atoms with Gasteiger partial charge >= 0.3 is 0 Å². The molecule has 1 atom stereocenters. The summed E-state index contributed by atoms with van der Waals surface area (Å²) in [5, 5.41) is 4.12. The van der Waals surface area contributed by atoms with Crippen LogP contribution in [0.25, 0.3) is 0 Å². The van der Waals surface area contributed by atoms with Crippen LogP contribution in [0.15, 0.2) is 16.6 Å². The maximum atomic E-state index is 6.09. The van der Waals surface area contributed by atoms with E-state index < -0.39 is 0 Å². The SMILES string of the molecule is CCOc1c(Br)cc(Cl)cc1NCC1CCCOC1. The molecule has 0 saturated carbocycles. The summed E-state index contributed by atoms with van der Waals surface area (Å²) in [4.78, 5) is 0. The van der Waals surface area contributed by atoms with Crippen molar-refractivity contribution in [3.63, 3.8) is 0 Å². The molecular formula is C14H19BrClNO2. The van der Waals surface area contributed by atoms with Crippen molar-refractivity contribution in [2.75, 3.05) is 31.7 Å². The Morgan fingerprint density at radius 1 is 1.53 bits per heavy atom. The topological polar surface area (TPSA) is 30.5 Å². The zero-order chi connectivity index (χ0) is 13.7. The minimum atomic E-state index is 0.556. The predicted octanol–water partition coefficient (Wildman–Crippen LogP) is 4.34. The van der Waals surface area contributed by atoms with Gasteiger partial charge in [-0.05, 0) is 53.7 Å². The van der Waals surface area contributed by atoms with Crippen LogP contribution in [-0.2, 0) is 4.74 Å². The molecule has 1 fully saturated rings. The zero-order valence-electron chi connectivity index (χ0n) is 11.0. The molecule has 0 amide bonds. The summed E-state index contributed by atoms with van der Waals surface area (Å²) in [6.07, 6.45) is 2.35. The van der Waals surface area contributed by atoms with Crippen LogP contribution in [0.1, 0.15) is 19.8 Å². The lowest BCUT2D eigenvalue weighted by Crippen LogP contribution is -2.24. The van der Waals surface area contributed by atoms with Crippen molar-refractivity contribution >= 4 is 33.2 Å². The van der Waals surface area contributed by atoms with E-state index >= 15 is 0 Å². The van der Waals surface area contributed by atoms with Crippen LogP contribution < -0.4 is 10.1 Å². The lowest BCUT2D eigenvalue weighted by atomic mass is 10.0. The molecule has 1 unspecified atom stereocenters. The van der Waals surface area contributed by atoms with Crippen molar-refractivity contribution in [2.24, 2.45) is 5.92 Å². The van der Waals surface area contributed by atoms with Crippen molar-refractivity contribution in [2.45, 2.75) is 19.8 Å². The Labute approximate surface area is 127 Å². The number of anilines is 1. The van der Waals surface area contributed by atoms with E-state index in [9.17, 15) is 0 Å². The smallest absolute Gasteiger partial charge is 0.156 e. The molecule has 0 aliphatic carbocycles. The van der Waals surface area contributed by atoms with Gasteiger partial charge in [-0.25, -0.2) is 0 Å². The minimum Gasteiger partial charge on any atom is -0.491 e. The van der Waals surface area contributed by atoms with E-state index in [1.807, 2.05) is 19.1 Å². The second kappa shape index (κ2) is 7.36. The number of halogens is 2. The van der Waals surface area contributed by atoms with Crippen molar-refractivity contribution in [3.05, 3.63) is 21.6 Å². The molecule has 1 aromatic carbocycles. The first-order valence-corrected chi connectivity index (χ1v) is 7.81. The number of hydrogen-bond donors (Lipinski definition) is 1. The van der Waals surface area contributed by atoms with E-state index in [-0.39, 0.29) is 0 Å².